The number of aliphatic imine (C=N–C) groups is 1. The van der Waals surface area contributed by atoms with Crippen LogP contribution in [0.2, 0.25) is 0 Å². The van der Waals surface area contributed by atoms with Crippen molar-refractivity contribution in [1.82, 2.24) is 0 Å². The number of aryl methyl sites for hydroxylation is 1. The van der Waals surface area contributed by atoms with Gasteiger partial charge < -0.3 is 4.74 Å². The Balaban J connectivity index is 2.32. The van der Waals surface area contributed by atoms with Crippen molar-refractivity contribution in [2.75, 3.05) is 13.7 Å². The number of hydrogen-bond acceptors (Lipinski definition) is 2. The van der Waals surface area contributed by atoms with E-state index in [1.54, 1.807) is 7.11 Å². The second-order valence-corrected chi connectivity index (χ2v) is 3.38. The van der Waals surface area contributed by atoms with Gasteiger partial charge in [0, 0.05) is 13.3 Å². The van der Waals surface area contributed by atoms with E-state index in [2.05, 4.69) is 30.1 Å². The van der Waals surface area contributed by atoms with E-state index in [1.165, 1.54) is 16.7 Å². The van der Waals surface area contributed by atoms with E-state index in [4.69, 9.17) is 4.74 Å². The lowest BCUT2D eigenvalue weighted by Crippen LogP contribution is -2.01. The van der Waals surface area contributed by atoms with Crippen LogP contribution in [-0.4, -0.2) is 19.9 Å². The van der Waals surface area contributed by atoms with Crippen molar-refractivity contribution in [1.29, 1.82) is 0 Å². The molecule has 1 aliphatic rings. The smallest absolute Gasteiger partial charge is 0.0988 e. The minimum atomic E-state index is 0.209. The molecular formula is C11H13NO. The van der Waals surface area contributed by atoms with E-state index in [1.807, 2.05) is 6.21 Å². The molecule has 0 fully saturated rings. The minimum absolute atomic E-state index is 0.209. The van der Waals surface area contributed by atoms with Crippen LogP contribution < -0.4 is 0 Å². The summed E-state index contributed by atoms with van der Waals surface area (Å²) in [5, 5.41) is 0. The number of ether oxygens (including phenoxy) is 1. The van der Waals surface area contributed by atoms with Gasteiger partial charge in [-0.1, -0.05) is 23.8 Å². The first-order valence-corrected chi connectivity index (χ1v) is 4.44. The van der Waals surface area contributed by atoms with Crippen LogP contribution in [0, 0.1) is 6.92 Å². The highest BCUT2D eigenvalue weighted by atomic mass is 16.5. The fourth-order valence-corrected chi connectivity index (χ4v) is 1.65. The number of hydrogen-bond donors (Lipinski definition) is 0. The van der Waals surface area contributed by atoms with Gasteiger partial charge in [-0.3, -0.25) is 4.99 Å². The van der Waals surface area contributed by atoms with Crippen molar-refractivity contribution in [2.24, 2.45) is 4.99 Å². The Labute approximate surface area is 78.3 Å². The third-order valence-corrected chi connectivity index (χ3v) is 2.32. The van der Waals surface area contributed by atoms with Crippen LogP contribution in [0.25, 0.3) is 0 Å². The number of nitrogens with zero attached hydrogens (tertiary/aromatic N) is 1. The molecule has 0 amide bonds. The standard InChI is InChI=1S/C11H13NO/c1-8-3-4-10-9(5-8)6-12-11(10)7-13-2/h3-6,11H,7H2,1-2H3/t11-/m1/s1. The molecule has 0 unspecified atom stereocenters. The average Bonchev–Trinajstić information content (AvgIpc) is 2.49. The van der Waals surface area contributed by atoms with Gasteiger partial charge in [-0.2, -0.15) is 0 Å². The first-order valence-electron chi connectivity index (χ1n) is 4.44. The maximum absolute atomic E-state index is 5.10. The Bertz CT molecular complexity index is 344. The molecule has 0 saturated heterocycles. The fraction of sp³-hybridized carbons (Fsp3) is 0.364. The lowest BCUT2D eigenvalue weighted by Gasteiger charge is -2.08. The molecule has 0 aliphatic carbocycles. The average molecular weight is 175 g/mol. The summed E-state index contributed by atoms with van der Waals surface area (Å²) >= 11 is 0. The lowest BCUT2D eigenvalue weighted by molar-refractivity contribution is 0.182. The van der Waals surface area contributed by atoms with Crippen molar-refractivity contribution in [3.63, 3.8) is 0 Å². The molecular weight excluding hydrogens is 162 g/mol. The predicted octanol–water partition coefficient (Wildman–Crippen LogP) is 2.12. The summed E-state index contributed by atoms with van der Waals surface area (Å²) in [7, 11) is 1.71. The highest BCUT2D eigenvalue weighted by Crippen LogP contribution is 2.26. The summed E-state index contributed by atoms with van der Waals surface area (Å²) in [6.07, 6.45) is 1.94. The summed E-state index contributed by atoms with van der Waals surface area (Å²) in [5.74, 6) is 0. The molecule has 1 aliphatic heterocycles. The highest BCUT2D eigenvalue weighted by molar-refractivity contribution is 5.85. The van der Waals surface area contributed by atoms with Crippen LogP contribution in [0.5, 0.6) is 0 Å². The van der Waals surface area contributed by atoms with Gasteiger partial charge in [-0.25, -0.2) is 0 Å². The van der Waals surface area contributed by atoms with E-state index in [-0.39, 0.29) is 6.04 Å². The van der Waals surface area contributed by atoms with Gasteiger partial charge >= 0.3 is 0 Å². The molecule has 13 heavy (non-hydrogen) atoms. The number of methoxy groups -OCH3 is 1. The van der Waals surface area contributed by atoms with E-state index < -0.39 is 0 Å². The van der Waals surface area contributed by atoms with Gasteiger partial charge in [-0.05, 0) is 18.1 Å². The van der Waals surface area contributed by atoms with Crippen LogP contribution in [0.15, 0.2) is 23.2 Å². The monoisotopic (exact) mass is 175 g/mol. The van der Waals surface area contributed by atoms with E-state index in [0.717, 1.165) is 0 Å². The number of rotatable bonds is 2. The number of benzene rings is 1. The van der Waals surface area contributed by atoms with E-state index in [9.17, 15) is 0 Å². The van der Waals surface area contributed by atoms with Crippen LogP contribution in [0.1, 0.15) is 22.7 Å². The summed E-state index contributed by atoms with van der Waals surface area (Å²) in [4.78, 5) is 4.38. The Morgan fingerprint density at radius 3 is 3.08 bits per heavy atom. The SMILES string of the molecule is COC[C@H]1N=Cc2cc(C)ccc21. The van der Waals surface area contributed by atoms with E-state index >= 15 is 0 Å². The van der Waals surface area contributed by atoms with Gasteiger partial charge in [0.25, 0.3) is 0 Å². The van der Waals surface area contributed by atoms with Crippen molar-refractivity contribution in [3.05, 3.63) is 34.9 Å². The minimum Gasteiger partial charge on any atom is -0.382 e. The Hall–Kier alpha value is -1.15. The molecule has 0 N–H and O–H groups in total. The van der Waals surface area contributed by atoms with E-state index in [0.29, 0.717) is 6.61 Å². The largest absolute Gasteiger partial charge is 0.382 e. The quantitative estimate of drug-likeness (QED) is 0.674. The van der Waals surface area contributed by atoms with Crippen LogP contribution in [0.3, 0.4) is 0 Å². The summed E-state index contributed by atoms with van der Waals surface area (Å²) in [6, 6.07) is 6.63. The lowest BCUT2D eigenvalue weighted by atomic mass is 10.0. The molecule has 0 spiro atoms. The topological polar surface area (TPSA) is 21.6 Å². The second-order valence-electron chi connectivity index (χ2n) is 3.38. The van der Waals surface area contributed by atoms with Gasteiger partial charge in [0.1, 0.15) is 0 Å². The number of fused-ring (bicyclic) bond motifs is 1. The van der Waals surface area contributed by atoms with Crippen molar-refractivity contribution >= 4 is 6.21 Å². The molecule has 0 saturated carbocycles. The van der Waals surface area contributed by atoms with Gasteiger partial charge in [-0.15, -0.1) is 0 Å². The Morgan fingerprint density at radius 2 is 2.31 bits per heavy atom. The molecule has 1 aromatic rings. The van der Waals surface area contributed by atoms with Crippen molar-refractivity contribution in [2.45, 2.75) is 13.0 Å². The zero-order chi connectivity index (χ0) is 9.26. The Morgan fingerprint density at radius 1 is 1.46 bits per heavy atom. The van der Waals surface area contributed by atoms with Crippen LogP contribution in [0.4, 0.5) is 0 Å². The zero-order valence-electron chi connectivity index (χ0n) is 7.95. The summed E-state index contributed by atoms with van der Waals surface area (Å²) in [6.45, 7) is 2.77. The van der Waals surface area contributed by atoms with Gasteiger partial charge in [0.15, 0.2) is 0 Å². The summed E-state index contributed by atoms with van der Waals surface area (Å²) < 4.78 is 5.10. The third-order valence-electron chi connectivity index (χ3n) is 2.32. The second kappa shape index (κ2) is 3.30. The van der Waals surface area contributed by atoms with Crippen LogP contribution in [-0.2, 0) is 4.74 Å². The molecule has 1 atom stereocenters. The van der Waals surface area contributed by atoms with Gasteiger partial charge in [0.05, 0.1) is 12.6 Å². The molecule has 2 nitrogen and oxygen atoms in total. The molecule has 0 radical (unpaired) electrons. The molecule has 0 bridgehead atoms. The van der Waals surface area contributed by atoms with Crippen LogP contribution >= 0.6 is 0 Å². The van der Waals surface area contributed by atoms with Gasteiger partial charge in [0.2, 0.25) is 0 Å². The highest BCUT2D eigenvalue weighted by Gasteiger charge is 2.17. The molecule has 68 valence electrons. The molecule has 2 rings (SSSR count). The predicted molar refractivity (Wildman–Crippen MR) is 53.4 cm³/mol. The molecule has 1 heterocycles. The zero-order valence-corrected chi connectivity index (χ0v) is 7.95. The first kappa shape index (κ1) is 8.45. The molecule has 1 aromatic carbocycles. The van der Waals surface area contributed by atoms with Crippen molar-refractivity contribution in [3.8, 4) is 0 Å². The molecule has 0 aromatic heterocycles. The third kappa shape index (κ3) is 1.49. The maximum atomic E-state index is 5.10. The van der Waals surface area contributed by atoms with Crippen molar-refractivity contribution < 1.29 is 4.74 Å². The normalized spacial score (nSPS) is 19.1. The Kier molecular flexibility index (Phi) is 2.15. The maximum Gasteiger partial charge on any atom is 0.0988 e. The first-order chi connectivity index (χ1) is 6.31. The summed E-state index contributed by atoms with van der Waals surface area (Å²) in [5.41, 5.74) is 3.80. The fourth-order valence-electron chi connectivity index (χ4n) is 1.65. The molecule has 2 heteroatoms.